The molecule has 1 N–H and O–H groups in total. The second-order valence-corrected chi connectivity index (χ2v) is 8.22. The van der Waals surface area contributed by atoms with Gasteiger partial charge in [0.15, 0.2) is 0 Å². The lowest BCUT2D eigenvalue weighted by atomic mass is 9.67. The van der Waals surface area contributed by atoms with Gasteiger partial charge in [0.1, 0.15) is 0 Å². The highest BCUT2D eigenvalue weighted by Crippen LogP contribution is 2.45. The molecule has 0 aromatic heterocycles. The van der Waals surface area contributed by atoms with Crippen LogP contribution < -0.4 is 5.32 Å². The van der Waals surface area contributed by atoms with Crippen LogP contribution >= 0.6 is 0 Å². The Morgan fingerprint density at radius 1 is 1.08 bits per heavy atom. The second-order valence-electron chi connectivity index (χ2n) is 8.22. The van der Waals surface area contributed by atoms with E-state index in [9.17, 15) is 9.59 Å². The predicted octanol–water partition coefficient (Wildman–Crippen LogP) is 1.17. The molecule has 2 atom stereocenters. The third-order valence-electron chi connectivity index (χ3n) is 6.81. The van der Waals surface area contributed by atoms with Crippen molar-refractivity contribution in [3.8, 4) is 0 Å². The maximum Gasteiger partial charge on any atom is 0.236 e. The predicted molar refractivity (Wildman–Crippen MR) is 103 cm³/mol. The average Bonchev–Trinajstić information content (AvgIpc) is 2.97. The Morgan fingerprint density at radius 2 is 1.88 bits per heavy atom. The lowest BCUT2D eigenvalue weighted by Gasteiger charge is -2.40. The quantitative estimate of drug-likeness (QED) is 0.796. The van der Waals surface area contributed by atoms with Crippen molar-refractivity contribution in [3.63, 3.8) is 0 Å². The van der Waals surface area contributed by atoms with Gasteiger partial charge in [-0.3, -0.25) is 14.5 Å². The summed E-state index contributed by atoms with van der Waals surface area (Å²) in [6, 6.07) is 0. The Balaban J connectivity index is 1.58. The first kappa shape index (κ1) is 19.6. The summed E-state index contributed by atoms with van der Waals surface area (Å²) < 4.78 is 0. The zero-order chi connectivity index (χ0) is 18.6. The summed E-state index contributed by atoms with van der Waals surface area (Å²) in [5.41, 5.74) is -0.148. The molecule has 1 aliphatic carbocycles. The van der Waals surface area contributed by atoms with Crippen molar-refractivity contribution >= 4 is 11.8 Å². The van der Waals surface area contributed by atoms with Gasteiger partial charge >= 0.3 is 0 Å². The molecule has 0 radical (unpaired) electrons. The molecule has 6 nitrogen and oxygen atoms in total. The topological polar surface area (TPSA) is 55.9 Å². The number of rotatable bonds is 5. The number of carbonyl (C=O) groups is 2. The Morgan fingerprint density at radius 3 is 2.65 bits per heavy atom. The van der Waals surface area contributed by atoms with Crippen molar-refractivity contribution in [3.05, 3.63) is 0 Å². The SMILES string of the molecule is CCN(CC)C(=O)CN1CCCN(C(=O)[C@@]23CCCC[C@H]2CNC3)CC1. The van der Waals surface area contributed by atoms with Gasteiger partial charge in [-0.2, -0.15) is 0 Å². The van der Waals surface area contributed by atoms with Gasteiger partial charge in [0.05, 0.1) is 12.0 Å². The van der Waals surface area contributed by atoms with Crippen molar-refractivity contribution < 1.29 is 9.59 Å². The van der Waals surface area contributed by atoms with Crippen LogP contribution in [0, 0.1) is 11.3 Å². The fraction of sp³-hybridized carbons (Fsp3) is 0.900. The molecule has 3 fully saturated rings. The summed E-state index contributed by atoms with van der Waals surface area (Å²) in [7, 11) is 0. The molecular weight excluding hydrogens is 328 g/mol. The molecule has 26 heavy (non-hydrogen) atoms. The van der Waals surface area contributed by atoms with Crippen molar-refractivity contribution in [1.29, 1.82) is 0 Å². The molecule has 0 aromatic rings. The van der Waals surface area contributed by atoms with Crippen LogP contribution in [0.25, 0.3) is 0 Å². The normalized spacial score (nSPS) is 29.9. The molecule has 1 saturated carbocycles. The van der Waals surface area contributed by atoms with Crippen LogP contribution in [-0.4, -0.2) is 85.4 Å². The molecule has 0 bridgehead atoms. The zero-order valence-electron chi connectivity index (χ0n) is 16.6. The van der Waals surface area contributed by atoms with E-state index < -0.39 is 0 Å². The minimum atomic E-state index is -0.148. The molecule has 6 heteroatoms. The van der Waals surface area contributed by atoms with Gasteiger partial charge in [-0.25, -0.2) is 0 Å². The number of nitrogens with one attached hydrogen (secondary N) is 1. The number of hydrogen-bond acceptors (Lipinski definition) is 4. The number of hydrogen-bond donors (Lipinski definition) is 1. The van der Waals surface area contributed by atoms with Gasteiger partial charge in [-0.1, -0.05) is 12.8 Å². The number of carbonyl (C=O) groups excluding carboxylic acids is 2. The van der Waals surface area contributed by atoms with Gasteiger partial charge in [-0.05, 0) is 45.6 Å². The highest BCUT2D eigenvalue weighted by Gasteiger charge is 2.51. The Kier molecular flexibility index (Phi) is 6.56. The summed E-state index contributed by atoms with van der Waals surface area (Å²) in [4.78, 5) is 32.1. The van der Waals surface area contributed by atoms with Gasteiger partial charge < -0.3 is 15.1 Å². The highest BCUT2D eigenvalue weighted by atomic mass is 16.2. The van der Waals surface area contributed by atoms with Crippen LogP contribution in [0.2, 0.25) is 0 Å². The number of nitrogens with zero attached hydrogens (tertiary/aromatic N) is 3. The molecule has 2 aliphatic heterocycles. The van der Waals surface area contributed by atoms with Crippen LogP contribution in [0.3, 0.4) is 0 Å². The van der Waals surface area contributed by atoms with Crippen LogP contribution in [0.15, 0.2) is 0 Å². The van der Waals surface area contributed by atoms with E-state index in [4.69, 9.17) is 0 Å². The van der Waals surface area contributed by atoms with E-state index in [1.54, 1.807) is 0 Å². The van der Waals surface area contributed by atoms with E-state index in [1.807, 2.05) is 18.7 Å². The van der Waals surface area contributed by atoms with Gasteiger partial charge in [0, 0.05) is 45.8 Å². The molecule has 0 spiro atoms. The Labute approximate surface area is 158 Å². The van der Waals surface area contributed by atoms with Crippen molar-refractivity contribution in [2.75, 3.05) is 58.9 Å². The number of amides is 2. The molecular formula is C20H36N4O2. The third-order valence-corrected chi connectivity index (χ3v) is 6.81. The minimum Gasteiger partial charge on any atom is -0.342 e. The van der Waals surface area contributed by atoms with Gasteiger partial charge in [0.25, 0.3) is 0 Å². The molecule has 0 aromatic carbocycles. The summed E-state index contributed by atoms with van der Waals surface area (Å²) in [6.45, 7) is 11.3. The Hall–Kier alpha value is -1.14. The first-order valence-corrected chi connectivity index (χ1v) is 10.6. The van der Waals surface area contributed by atoms with Crippen LogP contribution in [-0.2, 0) is 9.59 Å². The minimum absolute atomic E-state index is 0.148. The maximum atomic E-state index is 13.4. The number of fused-ring (bicyclic) bond motifs is 1. The molecule has 0 unspecified atom stereocenters. The highest BCUT2D eigenvalue weighted by molar-refractivity contribution is 5.84. The molecule has 148 valence electrons. The molecule has 2 amide bonds. The van der Waals surface area contributed by atoms with E-state index in [0.29, 0.717) is 18.4 Å². The molecule has 3 aliphatic rings. The monoisotopic (exact) mass is 364 g/mol. The van der Waals surface area contributed by atoms with E-state index in [2.05, 4.69) is 15.1 Å². The lowest BCUT2D eigenvalue weighted by molar-refractivity contribution is -0.145. The van der Waals surface area contributed by atoms with E-state index >= 15 is 0 Å². The average molecular weight is 365 g/mol. The van der Waals surface area contributed by atoms with Crippen molar-refractivity contribution in [1.82, 2.24) is 20.0 Å². The van der Waals surface area contributed by atoms with Crippen molar-refractivity contribution in [2.45, 2.75) is 46.0 Å². The van der Waals surface area contributed by atoms with Crippen molar-refractivity contribution in [2.24, 2.45) is 11.3 Å². The second kappa shape index (κ2) is 8.70. The Bertz CT molecular complexity index is 508. The van der Waals surface area contributed by atoms with Gasteiger partial charge in [0.2, 0.25) is 11.8 Å². The smallest absolute Gasteiger partial charge is 0.236 e. The largest absolute Gasteiger partial charge is 0.342 e. The maximum absolute atomic E-state index is 13.4. The summed E-state index contributed by atoms with van der Waals surface area (Å²) in [5, 5.41) is 3.49. The number of likely N-dealkylation sites (N-methyl/N-ethyl adjacent to an activating group) is 1. The van der Waals surface area contributed by atoms with Gasteiger partial charge in [-0.15, -0.1) is 0 Å². The van der Waals surface area contributed by atoms with E-state index in [0.717, 1.165) is 65.2 Å². The van der Waals surface area contributed by atoms with E-state index in [1.165, 1.54) is 19.3 Å². The summed E-state index contributed by atoms with van der Waals surface area (Å²) in [5.74, 6) is 1.11. The standard InChI is InChI=1S/C20H36N4O2/c1-3-23(4-2)18(25)15-22-10-7-11-24(13-12-22)19(26)20-9-6-5-8-17(20)14-21-16-20/h17,21H,3-16H2,1-2H3/t17-,20+/m0/s1. The fourth-order valence-electron chi connectivity index (χ4n) is 5.18. The zero-order valence-corrected chi connectivity index (χ0v) is 16.6. The summed E-state index contributed by atoms with van der Waals surface area (Å²) in [6.07, 6.45) is 5.65. The van der Waals surface area contributed by atoms with E-state index in [-0.39, 0.29) is 11.3 Å². The van der Waals surface area contributed by atoms with Crippen LogP contribution in [0.4, 0.5) is 0 Å². The molecule has 2 saturated heterocycles. The fourth-order valence-corrected chi connectivity index (χ4v) is 5.18. The first-order chi connectivity index (χ1) is 12.6. The third kappa shape index (κ3) is 3.91. The van der Waals surface area contributed by atoms with Crippen LogP contribution in [0.5, 0.6) is 0 Å². The van der Waals surface area contributed by atoms with Crippen LogP contribution in [0.1, 0.15) is 46.0 Å². The lowest BCUT2D eigenvalue weighted by Crippen LogP contribution is -2.50. The first-order valence-electron chi connectivity index (χ1n) is 10.6. The summed E-state index contributed by atoms with van der Waals surface area (Å²) >= 11 is 0. The molecule has 2 heterocycles. The molecule has 3 rings (SSSR count).